The Morgan fingerprint density at radius 3 is 2.08 bits per heavy atom. The minimum Gasteiger partial charge on any atom is -0.460 e. The molecule has 2 saturated heterocycles. The lowest BCUT2D eigenvalue weighted by Crippen LogP contribution is -2.61. The first-order valence-electron chi connectivity index (χ1n) is 46.9. The molecule has 8 heterocycles. The number of Topliss-reactive ketones (excluding diaryl/α,β-unsaturated/α-hetero) is 2. The number of carbonyl (C=O) groups excluding carboxylic acids is 6. The van der Waals surface area contributed by atoms with Gasteiger partial charge in [-0.1, -0.05) is 96.2 Å². The third-order valence-corrected chi connectivity index (χ3v) is 24.9. The number of rotatable bonds is 36. The van der Waals surface area contributed by atoms with Crippen LogP contribution in [0.5, 0.6) is 0 Å². The number of aromatic amines is 1. The van der Waals surface area contributed by atoms with Crippen molar-refractivity contribution in [1.29, 1.82) is 0 Å². The fourth-order valence-electron chi connectivity index (χ4n) is 17.3. The molecule has 1 saturated carbocycles. The highest BCUT2D eigenvalue weighted by Gasteiger charge is 2.53. The SMILES string of the molecule is CCCOCCOCCOCCOCCOCC.CCOCCOCCC(=O)N1CCc2cc(Cn3nc(-c4cnc5[nH]ccc5c4)c4c(N)ncnc43)ccc2C1.COCCCC(=O)O[C@@H]1CC[C@@H](C[C@@H](C)[C@@H]2C[C@@H](O)[C@H](C)/C=C(\C)[C@@H](O)[C@@H](OC)C(=O)[C@H](C)C[C@H](C)/C=C/C=C/C=C(\C)[C@@H](OC)C[C@@H]3CC[C@@H](C)[C@@](O)(O3)C(=O)C(=O)N3CCCC[C@H]3C(=O)O2)C[C@H]1OC. The Kier molecular flexibility index (Phi) is 46.8. The number of piperidine rings is 1. The van der Waals surface area contributed by atoms with Gasteiger partial charge in [-0.25, -0.2) is 24.4 Å². The number of nitrogens with two attached hydrogens (primary N) is 1. The summed E-state index contributed by atoms with van der Waals surface area (Å²) >= 11 is 0. The number of ketones is 2. The molecule has 2 amide bonds. The van der Waals surface area contributed by atoms with Crippen LogP contribution in [0.4, 0.5) is 5.82 Å². The van der Waals surface area contributed by atoms with E-state index in [9.17, 15) is 44.1 Å². The van der Waals surface area contributed by atoms with Crippen LogP contribution in [-0.2, 0) is 115 Å². The van der Waals surface area contributed by atoms with E-state index >= 15 is 0 Å². The van der Waals surface area contributed by atoms with Crippen molar-refractivity contribution in [3.63, 3.8) is 0 Å². The number of amides is 2. The lowest BCUT2D eigenvalue weighted by Gasteiger charge is -2.43. The molecule has 4 aromatic heterocycles. The molecule has 0 radical (unpaired) electrons. The van der Waals surface area contributed by atoms with Crippen LogP contribution < -0.4 is 5.73 Å². The van der Waals surface area contributed by atoms with Crippen LogP contribution in [0, 0.1) is 35.5 Å². The topological polar surface area (TPSA) is 397 Å². The molecule has 0 unspecified atom stereocenters. The zero-order valence-corrected chi connectivity index (χ0v) is 79.4. The molecule has 16 atom stereocenters. The molecule has 3 fully saturated rings. The van der Waals surface area contributed by atoms with E-state index in [1.165, 1.54) is 29.5 Å². The van der Waals surface area contributed by atoms with Gasteiger partial charge in [-0.3, -0.25) is 24.0 Å². The second-order valence-corrected chi connectivity index (χ2v) is 34.8. The molecule has 5 aromatic rings. The van der Waals surface area contributed by atoms with Gasteiger partial charge in [-0.15, -0.1) is 0 Å². The Bertz CT molecular complexity index is 4380. The standard InChI is InChI=1S/C56H89NO15.C29H32N8O3.C13H28O5/c1-34-18-13-12-14-19-35(2)46(67-9)32-42-24-22-40(7)56(65,72-42)53(62)54(63)57-26-16-15-20-43(57)55(64)71-47(33-44(58)36(3)29-39(6)51(61)52(69-11)50(60)38(5)28-34)37(4)30-41-23-25-45(48(31-41)68-10)70-49(59)21-17-27-66-8;1-2-39-11-12-40-10-7-24(38)36-9-6-20-13-19(3-4-22(20)17-36)16-37-29-25(27(30)33-18-34-29)26(35-37)23-14-21-5-8-31-28(21)32-15-23;1-3-5-15-8-9-17-12-13-18-11-10-16-7-6-14-4-2/h12-14,18-19,29,34,36-38,40-48,51-52,58,61,65H,15-17,20-28,30-33H2,1-11H3;3-5,8,13-15,18H,2,6-7,9-12,16-17H2,1H3,(H,31,32)(H2,30,33,34);3-13H2,1-2H3/b14-12+,18-13+,35-19+,39-29+;;/t34-,36-,37-,38-,40-,41+,42+,43+,44-,45-,46+,47+,48-,51-,52+,56-;;/m1../s1. The molecule has 130 heavy (non-hydrogen) atoms. The summed E-state index contributed by atoms with van der Waals surface area (Å²) in [6.07, 6.45) is 18.8. The van der Waals surface area contributed by atoms with Crippen molar-refractivity contribution in [3.8, 4) is 11.3 Å². The maximum absolute atomic E-state index is 14.6. The molecule has 6 N–H and O–H groups in total. The largest absolute Gasteiger partial charge is 0.460 e. The van der Waals surface area contributed by atoms with Crippen molar-refractivity contribution < 1.29 is 110 Å². The van der Waals surface area contributed by atoms with Gasteiger partial charge in [-0.05, 0) is 169 Å². The number of methoxy groups -OCH3 is 4. The van der Waals surface area contributed by atoms with E-state index in [1.54, 1.807) is 54.4 Å². The number of nitrogens with one attached hydrogen (secondary N) is 1. The first-order chi connectivity index (χ1) is 62.7. The van der Waals surface area contributed by atoms with Gasteiger partial charge in [0.1, 0.15) is 53.9 Å². The average molecular weight is 1820 g/mol. The molecular weight excluding hydrogens is 1670 g/mol. The Labute approximate surface area is 768 Å². The van der Waals surface area contributed by atoms with E-state index in [2.05, 4.69) is 45.1 Å². The van der Waals surface area contributed by atoms with Gasteiger partial charge >= 0.3 is 11.9 Å². The van der Waals surface area contributed by atoms with Gasteiger partial charge in [0.25, 0.3) is 11.7 Å². The zero-order chi connectivity index (χ0) is 94.1. The number of esters is 2. The highest BCUT2D eigenvalue weighted by atomic mass is 16.6. The zero-order valence-electron chi connectivity index (χ0n) is 79.4. The summed E-state index contributed by atoms with van der Waals surface area (Å²) in [6.45, 7) is 29.9. The number of hydrogen-bond donors (Lipinski definition) is 5. The van der Waals surface area contributed by atoms with Crippen molar-refractivity contribution in [1.82, 2.24) is 39.5 Å². The summed E-state index contributed by atoms with van der Waals surface area (Å²) in [5.74, 6) is -7.32. The minimum atomic E-state index is -2.44. The second kappa shape index (κ2) is 56.8. The minimum absolute atomic E-state index is 0.0103. The molecule has 5 aliphatic rings. The van der Waals surface area contributed by atoms with E-state index in [0.29, 0.717) is 211 Å². The van der Waals surface area contributed by atoms with Crippen LogP contribution in [0.15, 0.2) is 96.7 Å². The number of aliphatic hydroxyl groups is 3. The van der Waals surface area contributed by atoms with Crippen LogP contribution >= 0.6 is 0 Å². The number of fused-ring (bicyclic) bond motifs is 6. The molecule has 32 nitrogen and oxygen atoms in total. The third kappa shape index (κ3) is 32.9. The molecule has 724 valence electrons. The molecule has 0 spiro atoms. The average Bonchev–Trinajstić information content (AvgIpc) is 1.56. The van der Waals surface area contributed by atoms with Crippen molar-refractivity contribution >= 4 is 63.2 Å². The van der Waals surface area contributed by atoms with E-state index in [-0.39, 0.29) is 67.3 Å². The third-order valence-electron chi connectivity index (χ3n) is 24.9. The normalized spacial score (nSPS) is 27.0. The van der Waals surface area contributed by atoms with Gasteiger partial charge in [0.2, 0.25) is 11.7 Å². The van der Waals surface area contributed by atoms with E-state index in [0.717, 1.165) is 53.8 Å². The van der Waals surface area contributed by atoms with Crippen LogP contribution in [0.3, 0.4) is 0 Å². The number of hydrogen-bond acceptors (Lipinski definition) is 28. The molecule has 4 aliphatic heterocycles. The summed E-state index contributed by atoms with van der Waals surface area (Å²) in [5.41, 5.74) is 14.2. The number of ether oxygens (including phenoxy) is 14. The predicted molar refractivity (Wildman–Crippen MR) is 493 cm³/mol. The summed E-state index contributed by atoms with van der Waals surface area (Å²) < 4.78 is 79.8. The fourth-order valence-corrected chi connectivity index (χ4v) is 17.3. The summed E-state index contributed by atoms with van der Waals surface area (Å²) in [4.78, 5) is 102. The fraction of sp³-hybridized carbons (Fsp3) is 0.673. The highest BCUT2D eigenvalue weighted by Crippen LogP contribution is 2.40. The number of anilines is 1. The quantitative estimate of drug-likeness (QED) is 0.0108. The first-order valence-corrected chi connectivity index (χ1v) is 46.9. The number of H-pyrrole nitrogens is 1. The molecule has 10 rings (SSSR count). The van der Waals surface area contributed by atoms with E-state index in [4.69, 9.17) is 77.1 Å². The number of nitrogens with zero attached hydrogens (tertiary/aromatic N) is 7. The number of aromatic nitrogens is 6. The second-order valence-electron chi connectivity index (χ2n) is 34.8. The lowest BCUT2D eigenvalue weighted by molar-refractivity contribution is -0.265. The Hall–Kier alpha value is -8.16. The molecule has 2 bridgehead atoms. The van der Waals surface area contributed by atoms with Crippen molar-refractivity contribution in [2.24, 2.45) is 35.5 Å². The summed E-state index contributed by atoms with van der Waals surface area (Å²) in [6, 6.07) is 9.29. The molecule has 32 heteroatoms. The van der Waals surface area contributed by atoms with E-state index < -0.39 is 90.0 Å². The maximum atomic E-state index is 14.6. The smallest absolute Gasteiger partial charge is 0.329 e. The Morgan fingerprint density at radius 2 is 1.41 bits per heavy atom. The summed E-state index contributed by atoms with van der Waals surface area (Å²) in [5, 5.41) is 42.1. The number of carbonyl (C=O) groups is 6. The van der Waals surface area contributed by atoms with Crippen LogP contribution in [0.2, 0.25) is 0 Å². The van der Waals surface area contributed by atoms with Crippen LogP contribution in [0.25, 0.3) is 33.3 Å². The lowest BCUT2D eigenvalue weighted by atomic mass is 9.78. The van der Waals surface area contributed by atoms with Gasteiger partial charge in [-0.2, -0.15) is 5.10 Å². The number of aliphatic hydroxyl groups excluding tert-OH is 2. The van der Waals surface area contributed by atoms with Gasteiger partial charge in [0.05, 0.1) is 115 Å². The molecular formula is C98H149N9O23. The summed E-state index contributed by atoms with van der Waals surface area (Å²) in [7, 11) is 6.15. The highest BCUT2D eigenvalue weighted by molar-refractivity contribution is 6.39. The Morgan fingerprint density at radius 1 is 0.708 bits per heavy atom. The number of benzene rings is 1. The van der Waals surface area contributed by atoms with Crippen molar-refractivity contribution in [2.75, 3.05) is 146 Å². The number of allylic oxidation sites excluding steroid dienone is 5. The number of cyclic esters (lactones) is 1. The van der Waals surface area contributed by atoms with Gasteiger partial charge < -0.3 is 102 Å². The van der Waals surface area contributed by atoms with Crippen molar-refractivity contribution in [2.45, 2.75) is 252 Å². The maximum Gasteiger partial charge on any atom is 0.329 e. The van der Waals surface area contributed by atoms with E-state index in [1.807, 2.05) is 99.8 Å². The Balaban J connectivity index is 0.000000296. The first kappa shape index (κ1) is 107. The predicted octanol–water partition coefficient (Wildman–Crippen LogP) is 11.8. The van der Waals surface area contributed by atoms with Gasteiger partial charge in [0.15, 0.2) is 11.4 Å². The van der Waals surface area contributed by atoms with Crippen LogP contribution in [0.1, 0.15) is 189 Å². The monoisotopic (exact) mass is 1820 g/mol. The number of pyridine rings is 1. The van der Waals surface area contributed by atoms with Gasteiger partial charge in [0, 0.05) is 135 Å². The molecule has 1 aromatic carbocycles. The molecule has 1 aliphatic carbocycles. The number of nitrogen functional groups attached to an aromatic ring is 1. The van der Waals surface area contributed by atoms with Crippen LogP contribution in [-0.4, -0.2) is 291 Å². The van der Waals surface area contributed by atoms with Crippen molar-refractivity contribution in [3.05, 3.63) is 113 Å².